The van der Waals surface area contributed by atoms with E-state index in [-0.39, 0.29) is 18.0 Å². The van der Waals surface area contributed by atoms with Gasteiger partial charge in [-0.25, -0.2) is 9.59 Å². The average Bonchev–Trinajstić information content (AvgIpc) is 3.52. The molecule has 5 heterocycles. The van der Waals surface area contributed by atoms with Crippen LogP contribution in [0.1, 0.15) is 36.8 Å². The number of urea groups is 1. The summed E-state index contributed by atoms with van der Waals surface area (Å²) in [6, 6.07) is 11.5. The van der Waals surface area contributed by atoms with Gasteiger partial charge in [0.25, 0.3) is 0 Å². The molecule has 1 aromatic heterocycles. The molecule has 262 valence electrons. The van der Waals surface area contributed by atoms with Gasteiger partial charge in [-0.15, -0.1) is 5.06 Å². The molecular weight excluding hydrogens is 690 g/mol. The predicted molar refractivity (Wildman–Crippen MR) is 190 cm³/mol. The van der Waals surface area contributed by atoms with E-state index in [1.807, 2.05) is 40.1 Å². The molecule has 7 rings (SSSR count). The number of benzene rings is 2. The lowest BCUT2D eigenvalue weighted by Crippen LogP contribution is -2.56. The van der Waals surface area contributed by atoms with Crippen LogP contribution in [0.2, 0.25) is 0 Å². The first-order valence-corrected chi connectivity index (χ1v) is 18.3. The molecule has 0 spiro atoms. The van der Waals surface area contributed by atoms with E-state index in [1.54, 1.807) is 11.3 Å². The van der Waals surface area contributed by atoms with Crippen LogP contribution in [0.4, 0.5) is 15.3 Å². The second-order valence-electron chi connectivity index (χ2n) is 13.8. The molecule has 4 aliphatic heterocycles. The van der Waals surface area contributed by atoms with Gasteiger partial charge in [0.05, 0.1) is 11.7 Å². The fourth-order valence-electron chi connectivity index (χ4n) is 7.75. The standard InChI is InChI=1S/C35H46BrN9O4/c1-41-16-18-42(19-17-41)27-7-11-43(12-8-27)33(46)31(22-24-20-26-23-37-40-32(26)29(36)21-24)39-35(48)49-44-13-9-28(10-14-44)45-15-6-25-4-2-3-5-30(25)38-34(45)47/h2-5,20-21,23,27-28,31H,6-19,22H2,1H3,(H,37,40)(H,38,47)(H,39,48). The molecule has 3 saturated heterocycles. The number of aromatic nitrogens is 2. The number of hydrogen-bond donors (Lipinski definition) is 3. The van der Waals surface area contributed by atoms with Crippen LogP contribution < -0.4 is 10.6 Å². The van der Waals surface area contributed by atoms with Crippen LogP contribution in [-0.4, -0.2) is 137 Å². The first-order valence-electron chi connectivity index (χ1n) is 17.5. The summed E-state index contributed by atoms with van der Waals surface area (Å²) < 4.78 is 0.851. The number of aromatic amines is 1. The van der Waals surface area contributed by atoms with Crippen molar-refractivity contribution in [3.8, 4) is 0 Å². The zero-order chi connectivity index (χ0) is 33.9. The van der Waals surface area contributed by atoms with Gasteiger partial charge in [0.2, 0.25) is 5.91 Å². The summed E-state index contributed by atoms with van der Waals surface area (Å²) in [5, 5.41) is 15.7. The van der Waals surface area contributed by atoms with E-state index in [9.17, 15) is 14.4 Å². The molecule has 1 unspecified atom stereocenters. The number of hydroxylamine groups is 2. The predicted octanol–water partition coefficient (Wildman–Crippen LogP) is 3.67. The van der Waals surface area contributed by atoms with Crippen LogP contribution in [0.25, 0.3) is 10.9 Å². The average molecular weight is 737 g/mol. The Morgan fingerprint density at radius 2 is 1.71 bits per heavy atom. The molecule has 2 aromatic carbocycles. The van der Waals surface area contributed by atoms with Crippen LogP contribution in [-0.2, 0) is 22.5 Å². The minimum atomic E-state index is -0.788. The highest BCUT2D eigenvalue weighted by atomic mass is 79.9. The summed E-state index contributed by atoms with van der Waals surface area (Å²) in [4.78, 5) is 55.0. The van der Waals surface area contributed by atoms with Gasteiger partial charge in [-0.3, -0.25) is 14.8 Å². The Balaban J connectivity index is 0.964. The number of halogens is 1. The number of para-hydroxylation sites is 1. The van der Waals surface area contributed by atoms with Gasteiger partial charge in [-0.05, 0) is 84.4 Å². The maximum absolute atomic E-state index is 14.1. The van der Waals surface area contributed by atoms with Crippen molar-refractivity contribution in [1.29, 1.82) is 0 Å². The number of rotatable bonds is 7. The molecule has 0 bridgehead atoms. The lowest BCUT2D eigenvalue weighted by Gasteiger charge is -2.42. The topological polar surface area (TPSA) is 129 Å². The Morgan fingerprint density at radius 3 is 2.49 bits per heavy atom. The molecule has 3 aromatic rings. The van der Waals surface area contributed by atoms with Crippen molar-refractivity contribution < 1.29 is 19.2 Å². The molecule has 14 heteroatoms. The number of carbonyl (C=O) groups excluding carboxylic acids is 3. The van der Waals surface area contributed by atoms with E-state index < -0.39 is 12.1 Å². The fraction of sp³-hybridized carbons (Fsp3) is 0.543. The summed E-state index contributed by atoms with van der Waals surface area (Å²) in [6.07, 6.45) is 5.44. The molecule has 3 fully saturated rings. The molecule has 4 amide bonds. The molecule has 0 aliphatic carbocycles. The summed E-state index contributed by atoms with van der Waals surface area (Å²) >= 11 is 3.62. The summed E-state index contributed by atoms with van der Waals surface area (Å²) in [7, 11) is 2.16. The molecular formula is C35H46BrN9O4. The Hall–Kier alpha value is -3.72. The van der Waals surface area contributed by atoms with Crippen LogP contribution in [0.15, 0.2) is 47.1 Å². The fourth-order valence-corrected chi connectivity index (χ4v) is 8.37. The number of anilines is 1. The van der Waals surface area contributed by atoms with Crippen molar-refractivity contribution in [3.63, 3.8) is 0 Å². The normalized spacial score (nSPS) is 21.2. The van der Waals surface area contributed by atoms with Crippen molar-refractivity contribution >= 4 is 50.6 Å². The minimum Gasteiger partial charge on any atom is -0.351 e. The maximum atomic E-state index is 14.1. The summed E-state index contributed by atoms with van der Waals surface area (Å²) in [6.45, 7) is 7.24. The smallest absolute Gasteiger partial charge is 0.351 e. The third-order valence-electron chi connectivity index (χ3n) is 10.6. The molecule has 3 N–H and O–H groups in total. The second kappa shape index (κ2) is 15.0. The third kappa shape index (κ3) is 7.87. The number of nitrogens with zero attached hydrogens (tertiary/aromatic N) is 6. The SMILES string of the molecule is CN1CCN(C2CCN(C(=O)C(Cc3cc(Br)c4[nH]ncc4c3)NC(=O)ON3CCC(N4CCc5ccccc5NC4=O)CC3)CC2)CC1. The number of likely N-dealkylation sites (N-methyl/N-ethyl adjacent to an activating group) is 1. The quantitative estimate of drug-likeness (QED) is 0.336. The second-order valence-corrected chi connectivity index (χ2v) is 14.6. The first-order chi connectivity index (χ1) is 23.8. The van der Waals surface area contributed by atoms with Crippen LogP contribution >= 0.6 is 15.9 Å². The van der Waals surface area contributed by atoms with Crippen molar-refractivity contribution in [2.24, 2.45) is 0 Å². The zero-order valence-corrected chi connectivity index (χ0v) is 29.7. The highest BCUT2D eigenvalue weighted by Gasteiger charge is 2.34. The van der Waals surface area contributed by atoms with Crippen molar-refractivity contribution in [3.05, 3.63) is 58.2 Å². The van der Waals surface area contributed by atoms with Gasteiger partial charge in [-0.2, -0.15) is 5.10 Å². The number of hydrogen-bond acceptors (Lipinski definition) is 8. The van der Waals surface area contributed by atoms with E-state index in [0.29, 0.717) is 58.0 Å². The zero-order valence-electron chi connectivity index (χ0n) is 28.1. The van der Waals surface area contributed by atoms with Gasteiger partial charge in [0, 0.05) is 93.0 Å². The van der Waals surface area contributed by atoms with Crippen LogP contribution in [0.3, 0.4) is 0 Å². The number of piperazine rings is 1. The lowest BCUT2D eigenvalue weighted by molar-refractivity contribution is -0.137. The Kier molecular flexibility index (Phi) is 10.4. The van der Waals surface area contributed by atoms with Gasteiger partial charge in [0.1, 0.15) is 6.04 Å². The van der Waals surface area contributed by atoms with Gasteiger partial charge in [-0.1, -0.05) is 18.2 Å². The van der Waals surface area contributed by atoms with E-state index in [1.165, 1.54) is 0 Å². The van der Waals surface area contributed by atoms with Crippen LogP contribution in [0.5, 0.6) is 0 Å². The molecule has 0 saturated carbocycles. The lowest BCUT2D eigenvalue weighted by atomic mass is 9.99. The third-order valence-corrected chi connectivity index (χ3v) is 11.3. The van der Waals surface area contributed by atoms with E-state index in [2.05, 4.69) is 59.7 Å². The molecule has 0 radical (unpaired) electrons. The highest BCUT2D eigenvalue weighted by Crippen LogP contribution is 2.27. The summed E-state index contributed by atoms with van der Waals surface area (Å²) in [5.74, 6) is -0.0935. The van der Waals surface area contributed by atoms with Crippen molar-refractivity contribution in [1.82, 2.24) is 40.2 Å². The molecule has 4 aliphatic rings. The van der Waals surface area contributed by atoms with E-state index in [0.717, 1.165) is 77.6 Å². The Morgan fingerprint density at radius 1 is 0.980 bits per heavy atom. The Bertz CT molecular complexity index is 1640. The largest absolute Gasteiger partial charge is 0.426 e. The summed E-state index contributed by atoms with van der Waals surface area (Å²) in [5.41, 5.74) is 3.80. The van der Waals surface area contributed by atoms with Crippen molar-refractivity contribution in [2.45, 2.75) is 56.7 Å². The highest BCUT2D eigenvalue weighted by molar-refractivity contribution is 9.10. The molecule has 49 heavy (non-hydrogen) atoms. The van der Waals surface area contributed by atoms with Gasteiger partial charge in [0.15, 0.2) is 0 Å². The van der Waals surface area contributed by atoms with Gasteiger partial charge >= 0.3 is 12.1 Å². The van der Waals surface area contributed by atoms with Crippen molar-refractivity contribution in [2.75, 3.05) is 71.3 Å². The monoisotopic (exact) mass is 735 g/mol. The molecule has 13 nitrogen and oxygen atoms in total. The number of H-pyrrole nitrogens is 1. The van der Waals surface area contributed by atoms with Crippen LogP contribution in [0, 0.1) is 0 Å². The van der Waals surface area contributed by atoms with Gasteiger partial charge < -0.3 is 30.2 Å². The Labute approximate surface area is 295 Å². The number of fused-ring (bicyclic) bond motifs is 2. The number of amides is 4. The number of nitrogens with one attached hydrogen (secondary N) is 3. The number of carbonyl (C=O) groups is 3. The first kappa shape index (κ1) is 33.8. The van der Waals surface area contributed by atoms with E-state index >= 15 is 0 Å². The van der Waals surface area contributed by atoms with E-state index in [4.69, 9.17) is 4.84 Å². The number of piperidine rings is 2. The molecule has 1 atom stereocenters. The minimum absolute atomic E-state index is 0.0524. The maximum Gasteiger partial charge on any atom is 0.426 e. The number of likely N-dealkylation sites (tertiary alicyclic amines) is 1.